The van der Waals surface area contributed by atoms with E-state index in [0.717, 1.165) is 0 Å². The number of carbonyl (C=O) groups is 6. The van der Waals surface area contributed by atoms with Gasteiger partial charge in [0, 0.05) is 25.1 Å². The zero-order chi connectivity index (χ0) is 34.8. The van der Waals surface area contributed by atoms with Crippen molar-refractivity contribution in [3.63, 3.8) is 0 Å². The molecule has 15 heteroatoms. The molecular weight excluding hydrogens is 624 g/mol. The molecule has 0 saturated carbocycles. The van der Waals surface area contributed by atoms with Crippen molar-refractivity contribution in [2.45, 2.75) is 58.2 Å². The molecule has 2 atom stereocenters. The van der Waals surface area contributed by atoms with E-state index in [4.69, 9.17) is 14.2 Å². The summed E-state index contributed by atoms with van der Waals surface area (Å²) < 4.78 is 17.3. The maximum absolute atomic E-state index is 13.5. The Morgan fingerprint density at radius 3 is 2.40 bits per heavy atom. The van der Waals surface area contributed by atoms with Gasteiger partial charge >= 0.3 is 6.03 Å². The van der Waals surface area contributed by atoms with E-state index in [-0.39, 0.29) is 50.1 Å². The van der Waals surface area contributed by atoms with Crippen LogP contribution >= 0.6 is 0 Å². The first kappa shape index (κ1) is 35.5. The number of fused-ring (bicyclic) bond motifs is 3. The Morgan fingerprint density at radius 2 is 1.71 bits per heavy atom. The van der Waals surface area contributed by atoms with E-state index in [9.17, 15) is 28.8 Å². The SMILES string of the molecule is COc1ccc2cc1Oc1cccc(OC)c1CNC(=O)[C@@H](C(C)C)NC(=O)CN(C(=O)CC[C@@H]1NC(=O)NC1=O)CCCCNC2=O. The summed E-state index contributed by atoms with van der Waals surface area (Å²) in [7, 11) is 2.97. The lowest BCUT2D eigenvalue weighted by Gasteiger charge is -2.26. The van der Waals surface area contributed by atoms with E-state index in [1.807, 2.05) is 0 Å². The van der Waals surface area contributed by atoms with Gasteiger partial charge in [-0.2, -0.15) is 0 Å². The average molecular weight is 667 g/mol. The zero-order valence-electron chi connectivity index (χ0n) is 27.5. The molecule has 2 heterocycles. The second-order valence-corrected chi connectivity index (χ2v) is 11.7. The number of methoxy groups -OCH3 is 2. The van der Waals surface area contributed by atoms with E-state index < -0.39 is 41.7 Å². The fourth-order valence-electron chi connectivity index (χ4n) is 5.35. The molecule has 0 radical (unpaired) electrons. The Hall–Kier alpha value is -5.34. The maximum Gasteiger partial charge on any atom is 0.322 e. The van der Waals surface area contributed by atoms with E-state index in [1.54, 1.807) is 50.2 Å². The normalized spacial score (nSPS) is 19.5. The Kier molecular flexibility index (Phi) is 12.2. The van der Waals surface area contributed by atoms with Gasteiger partial charge in [0.25, 0.3) is 11.8 Å². The lowest BCUT2D eigenvalue weighted by Crippen LogP contribution is -2.52. The molecule has 1 fully saturated rings. The molecule has 2 aromatic rings. The van der Waals surface area contributed by atoms with Crippen LogP contribution in [0.3, 0.4) is 0 Å². The first-order chi connectivity index (χ1) is 23.0. The highest BCUT2D eigenvalue weighted by atomic mass is 16.5. The van der Waals surface area contributed by atoms with Gasteiger partial charge in [0.2, 0.25) is 17.7 Å². The number of nitrogens with zero attached hydrogens (tertiary/aromatic N) is 1. The highest BCUT2D eigenvalue weighted by Gasteiger charge is 2.31. The second kappa shape index (κ2) is 16.5. The molecular formula is C33H42N6O9. The van der Waals surface area contributed by atoms with Gasteiger partial charge in [-0.25, -0.2) is 4.79 Å². The molecule has 2 bridgehead atoms. The Labute approximate surface area is 278 Å². The van der Waals surface area contributed by atoms with Crippen LogP contribution in [0.1, 0.15) is 55.5 Å². The summed E-state index contributed by atoms with van der Waals surface area (Å²) in [6.45, 7) is 3.70. The van der Waals surface area contributed by atoms with E-state index in [1.165, 1.54) is 19.1 Å². The third-order valence-electron chi connectivity index (χ3n) is 7.99. The number of benzene rings is 2. The van der Waals surface area contributed by atoms with Gasteiger partial charge in [-0.1, -0.05) is 19.9 Å². The van der Waals surface area contributed by atoms with Crippen LogP contribution in [0.2, 0.25) is 0 Å². The summed E-state index contributed by atoms with van der Waals surface area (Å²) in [6.07, 6.45) is 0.894. The first-order valence-electron chi connectivity index (χ1n) is 15.8. The molecule has 0 aliphatic carbocycles. The molecule has 4 rings (SSSR count). The fraction of sp³-hybridized carbons (Fsp3) is 0.455. The number of carbonyl (C=O) groups excluding carboxylic acids is 6. The first-order valence-corrected chi connectivity index (χ1v) is 15.8. The summed E-state index contributed by atoms with van der Waals surface area (Å²) in [5.41, 5.74) is 0.839. The largest absolute Gasteiger partial charge is 0.496 e. The third kappa shape index (κ3) is 9.14. The maximum atomic E-state index is 13.5. The number of ether oxygens (including phenoxy) is 3. The van der Waals surface area contributed by atoms with Crippen LogP contribution in [0, 0.1) is 5.92 Å². The van der Waals surface area contributed by atoms with Crippen molar-refractivity contribution in [3.8, 4) is 23.0 Å². The average Bonchev–Trinajstić information content (AvgIpc) is 3.39. The van der Waals surface area contributed by atoms with Crippen molar-refractivity contribution in [2.24, 2.45) is 5.92 Å². The van der Waals surface area contributed by atoms with E-state index in [2.05, 4.69) is 26.6 Å². The standard InChI is InChI=1S/C33H42N6O9/c1-19(2)29-32(44)35-17-21-23(46-3)8-7-9-24(21)48-26-16-20(10-12-25(26)47-4)30(42)34-14-5-6-15-39(18-27(40)37-29)28(41)13-11-22-31(43)38-33(45)36-22/h7-10,12,16,19,22,29H,5-6,11,13-15,17-18H2,1-4H3,(H,34,42)(H,35,44)(H,37,40)(H2,36,38,43,45)/t22-,29+/m0/s1. The fourth-order valence-corrected chi connectivity index (χ4v) is 5.35. The minimum Gasteiger partial charge on any atom is -0.496 e. The molecule has 258 valence electrons. The van der Waals surface area contributed by atoms with Crippen molar-refractivity contribution in [3.05, 3.63) is 47.5 Å². The third-order valence-corrected chi connectivity index (χ3v) is 7.99. The van der Waals surface area contributed by atoms with Gasteiger partial charge in [-0.15, -0.1) is 0 Å². The molecule has 7 amide bonds. The summed E-state index contributed by atoms with van der Waals surface area (Å²) in [6, 6.07) is 7.53. The van der Waals surface area contributed by atoms with Crippen molar-refractivity contribution >= 4 is 35.6 Å². The molecule has 5 N–H and O–H groups in total. The molecule has 15 nitrogen and oxygen atoms in total. The summed E-state index contributed by atoms with van der Waals surface area (Å²) >= 11 is 0. The van der Waals surface area contributed by atoms with Crippen LogP contribution in [0.4, 0.5) is 4.79 Å². The Bertz CT molecular complexity index is 1550. The number of amides is 7. The van der Waals surface area contributed by atoms with Crippen molar-refractivity contribution in [1.82, 2.24) is 31.5 Å². The number of rotatable bonds is 6. The smallest absolute Gasteiger partial charge is 0.322 e. The molecule has 0 aromatic heterocycles. The molecule has 48 heavy (non-hydrogen) atoms. The van der Waals surface area contributed by atoms with Crippen LogP contribution in [-0.2, 0) is 25.7 Å². The van der Waals surface area contributed by atoms with Crippen LogP contribution in [0.25, 0.3) is 0 Å². The molecule has 2 aliphatic rings. The predicted octanol–water partition coefficient (Wildman–Crippen LogP) is 1.59. The minimum absolute atomic E-state index is 0.0182. The minimum atomic E-state index is -0.927. The summed E-state index contributed by atoms with van der Waals surface area (Å²) in [4.78, 5) is 77.8. The Morgan fingerprint density at radius 1 is 0.938 bits per heavy atom. The second-order valence-electron chi connectivity index (χ2n) is 11.7. The predicted molar refractivity (Wildman–Crippen MR) is 173 cm³/mol. The van der Waals surface area contributed by atoms with Crippen molar-refractivity contribution in [1.29, 1.82) is 0 Å². The molecule has 0 spiro atoms. The number of hydrogen-bond donors (Lipinski definition) is 5. The quantitative estimate of drug-likeness (QED) is 0.285. The highest BCUT2D eigenvalue weighted by molar-refractivity contribution is 6.04. The van der Waals surface area contributed by atoms with Crippen LogP contribution < -0.4 is 40.8 Å². The van der Waals surface area contributed by atoms with Gasteiger partial charge in [0.1, 0.15) is 23.6 Å². The monoisotopic (exact) mass is 666 g/mol. The number of imide groups is 1. The lowest BCUT2D eigenvalue weighted by molar-refractivity contribution is -0.137. The van der Waals surface area contributed by atoms with Gasteiger partial charge in [0.15, 0.2) is 11.5 Å². The highest BCUT2D eigenvalue weighted by Crippen LogP contribution is 2.37. The van der Waals surface area contributed by atoms with E-state index >= 15 is 0 Å². The number of urea groups is 1. The van der Waals surface area contributed by atoms with Crippen LogP contribution in [0.15, 0.2) is 36.4 Å². The molecule has 0 unspecified atom stereocenters. The molecule has 1 saturated heterocycles. The van der Waals surface area contributed by atoms with Gasteiger partial charge < -0.3 is 40.4 Å². The van der Waals surface area contributed by atoms with Crippen LogP contribution in [0.5, 0.6) is 23.0 Å². The zero-order valence-corrected chi connectivity index (χ0v) is 27.5. The topological polar surface area (TPSA) is 193 Å². The lowest BCUT2D eigenvalue weighted by atomic mass is 10.0. The van der Waals surface area contributed by atoms with Gasteiger partial charge in [-0.05, 0) is 55.5 Å². The summed E-state index contributed by atoms with van der Waals surface area (Å²) in [5.74, 6) is -1.11. The summed E-state index contributed by atoms with van der Waals surface area (Å²) in [5, 5.41) is 13.1. The van der Waals surface area contributed by atoms with Gasteiger partial charge in [-0.3, -0.25) is 29.3 Å². The molecule has 2 aliphatic heterocycles. The number of hydrogen-bond acceptors (Lipinski definition) is 9. The van der Waals surface area contributed by atoms with Crippen LogP contribution in [-0.4, -0.2) is 86.4 Å². The van der Waals surface area contributed by atoms with Crippen molar-refractivity contribution < 1.29 is 43.0 Å². The Balaban J connectivity index is 1.60. The van der Waals surface area contributed by atoms with Crippen molar-refractivity contribution in [2.75, 3.05) is 33.9 Å². The number of nitrogens with one attached hydrogen (secondary N) is 5. The van der Waals surface area contributed by atoms with Gasteiger partial charge in [0.05, 0.1) is 32.9 Å². The van der Waals surface area contributed by atoms with E-state index in [0.29, 0.717) is 47.8 Å². The molecule has 2 aromatic carbocycles.